The SMILES string of the molecule is O=C(NCC(=O)N1CCCC1)c1cccc([N+](=O)[O-])c1. The fourth-order valence-corrected chi connectivity index (χ4v) is 2.10. The molecule has 1 fully saturated rings. The molecular formula is C13H15N3O4. The standard InChI is InChI=1S/C13H15N3O4/c17-12(15-6-1-2-7-15)9-14-13(18)10-4-3-5-11(8-10)16(19)20/h3-5,8H,1-2,6-7,9H2,(H,14,18). The summed E-state index contributed by atoms with van der Waals surface area (Å²) < 4.78 is 0. The lowest BCUT2D eigenvalue weighted by molar-refractivity contribution is -0.384. The summed E-state index contributed by atoms with van der Waals surface area (Å²) in [4.78, 5) is 35.4. The fraction of sp³-hybridized carbons (Fsp3) is 0.385. The molecule has 0 aromatic heterocycles. The number of likely N-dealkylation sites (tertiary alicyclic amines) is 1. The van der Waals surface area contributed by atoms with Gasteiger partial charge in [0.1, 0.15) is 0 Å². The molecule has 106 valence electrons. The van der Waals surface area contributed by atoms with E-state index < -0.39 is 10.8 Å². The zero-order valence-electron chi connectivity index (χ0n) is 10.9. The predicted octanol–water partition coefficient (Wildman–Crippen LogP) is 0.947. The third kappa shape index (κ3) is 3.31. The first kappa shape index (κ1) is 14.0. The van der Waals surface area contributed by atoms with Crippen molar-refractivity contribution in [3.63, 3.8) is 0 Å². The maximum Gasteiger partial charge on any atom is 0.270 e. The van der Waals surface area contributed by atoms with Crippen molar-refractivity contribution in [2.45, 2.75) is 12.8 Å². The number of carbonyl (C=O) groups excluding carboxylic acids is 2. The molecule has 1 aromatic carbocycles. The molecule has 1 aromatic rings. The largest absolute Gasteiger partial charge is 0.343 e. The number of rotatable bonds is 4. The van der Waals surface area contributed by atoms with Crippen LogP contribution in [-0.2, 0) is 4.79 Å². The molecule has 0 radical (unpaired) electrons. The molecule has 0 unspecified atom stereocenters. The van der Waals surface area contributed by atoms with E-state index in [0.717, 1.165) is 25.9 Å². The van der Waals surface area contributed by atoms with Gasteiger partial charge >= 0.3 is 0 Å². The predicted molar refractivity (Wildman–Crippen MR) is 71.2 cm³/mol. The minimum atomic E-state index is -0.563. The Hall–Kier alpha value is -2.44. The minimum absolute atomic E-state index is 0.0818. The van der Waals surface area contributed by atoms with Gasteiger partial charge in [0.25, 0.3) is 11.6 Å². The molecule has 0 atom stereocenters. The number of benzene rings is 1. The highest BCUT2D eigenvalue weighted by molar-refractivity contribution is 5.96. The zero-order chi connectivity index (χ0) is 14.5. The van der Waals surface area contributed by atoms with Gasteiger partial charge in [-0.25, -0.2) is 0 Å². The van der Waals surface area contributed by atoms with Gasteiger partial charge in [0, 0.05) is 30.8 Å². The van der Waals surface area contributed by atoms with Gasteiger partial charge in [-0.05, 0) is 18.9 Å². The molecule has 0 bridgehead atoms. The smallest absolute Gasteiger partial charge is 0.270 e. The van der Waals surface area contributed by atoms with Gasteiger partial charge in [0.2, 0.25) is 5.91 Å². The summed E-state index contributed by atoms with van der Waals surface area (Å²) in [7, 11) is 0. The van der Waals surface area contributed by atoms with Gasteiger partial charge in [-0.3, -0.25) is 19.7 Å². The van der Waals surface area contributed by atoms with E-state index in [-0.39, 0.29) is 23.7 Å². The van der Waals surface area contributed by atoms with Crippen LogP contribution in [0.3, 0.4) is 0 Å². The van der Waals surface area contributed by atoms with E-state index >= 15 is 0 Å². The van der Waals surface area contributed by atoms with Crippen LogP contribution in [0.5, 0.6) is 0 Å². The molecule has 1 N–H and O–H groups in total. The Morgan fingerprint density at radius 2 is 2.00 bits per heavy atom. The molecule has 0 aliphatic carbocycles. The summed E-state index contributed by atoms with van der Waals surface area (Å²) in [6.07, 6.45) is 1.98. The van der Waals surface area contributed by atoms with Crippen molar-refractivity contribution in [2.75, 3.05) is 19.6 Å². The lowest BCUT2D eigenvalue weighted by atomic mass is 10.2. The molecule has 0 spiro atoms. The van der Waals surface area contributed by atoms with Gasteiger partial charge in [0.15, 0.2) is 0 Å². The summed E-state index contributed by atoms with van der Waals surface area (Å²) in [5, 5.41) is 13.1. The van der Waals surface area contributed by atoms with Crippen LogP contribution in [0.1, 0.15) is 23.2 Å². The number of hydrogen-bond acceptors (Lipinski definition) is 4. The van der Waals surface area contributed by atoms with Gasteiger partial charge in [-0.15, -0.1) is 0 Å². The number of nitro groups is 1. The molecule has 2 amide bonds. The fourth-order valence-electron chi connectivity index (χ4n) is 2.10. The van der Waals surface area contributed by atoms with Gasteiger partial charge in [-0.2, -0.15) is 0 Å². The topological polar surface area (TPSA) is 92.6 Å². The van der Waals surface area contributed by atoms with Crippen molar-refractivity contribution in [2.24, 2.45) is 0 Å². The highest BCUT2D eigenvalue weighted by atomic mass is 16.6. The van der Waals surface area contributed by atoms with E-state index in [1.165, 1.54) is 24.3 Å². The summed E-state index contributed by atoms with van der Waals surface area (Å²) in [6, 6.07) is 5.42. The molecule has 2 rings (SSSR count). The number of nitro benzene ring substituents is 1. The van der Waals surface area contributed by atoms with E-state index in [0.29, 0.717) is 0 Å². The maximum absolute atomic E-state index is 11.8. The van der Waals surface area contributed by atoms with Crippen molar-refractivity contribution in [1.29, 1.82) is 0 Å². The van der Waals surface area contributed by atoms with E-state index in [1.54, 1.807) is 4.90 Å². The lowest BCUT2D eigenvalue weighted by Crippen LogP contribution is -2.38. The van der Waals surface area contributed by atoms with E-state index in [2.05, 4.69) is 5.32 Å². The minimum Gasteiger partial charge on any atom is -0.343 e. The molecule has 1 heterocycles. The van der Waals surface area contributed by atoms with Crippen LogP contribution in [0.25, 0.3) is 0 Å². The van der Waals surface area contributed by atoms with Crippen molar-refractivity contribution in [3.8, 4) is 0 Å². The molecule has 20 heavy (non-hydrogen) atoms. The Balaban J connectivity index is 1.92. The van der Waals surface area contributed by atoms with Crippen molar-refractivity contribution in [1.82, 2.24) is 10.2 Å². The molecule has 0 saturated carbocycles. The van der Waals surface area contributed by atoms with Gasteiger partial charge in [0.05, 0.1) is 11.5 Å². The third-order valence-corrected chi connectivity index (χ3v) is 3.18. The van der Waals surface area contributed by atoms with Crippen LogP contribution in [0.4, 0.5) is 5.69 Å². The van der Waals surface area contributed by atoms with E-state index in [1.807, 2.05) is 0 Å². The average molecular weight is 277 g/mol. The van der Waals surface area contributed by atoms with Crippen LogP contribution >= 0.6 is 0 Å². The third-order valence-electron chi connectivity index (χ3n) is 3.18. The van der Waals surface area contributed by atoms with Crippen LogP contribution in [0.15, 0.2) is 24.3 Å². The number of carbonyl (C=O) groups is 2. The summed E-state index contributed by atoms with van der Waals surface area (Å²) in [6.45, 7) is 1.37. The van der Waals surface area contributed by atoms with Crippen LogP contribution in [-0.4, -0.2) is 41.3 Å². The summed E-state index contributed by atoms with van der Waals surface area (Å²) in [5.41, 5.74) is 0.0249. The summed E-state index contributed by atoms with van der Waals surface area (Å²) >= 11 is 0. The first-order valence-corrected chi connectivity index (χ1v) is 6.38. The molecule has 7 nitrogen and oxygen atoms in total. The monoisotopic (exact) mass is 277 g/mol. The van der Waals surface area contributed by atoms with Crippen LogP contribution < -0.4 is 5.32 Å². The van der Waals surface area contributed by atoms with E-state index in [9.17, 15) is 19.7 Å². The zero-order valence-corrected chi connectivity index (χ0v) is 10.9. The Morgan fingerprint density at radius 1 is 1.30 bits per heavy atom. The number of hydrogen-bond donors (Lipinski definition) is 1. The van der Waals surface area contributed by atoms with E-state index in [4.69, 9.17) is 0 Å². The normalized spacial score (nSPS) is 14.1. The second-order valence-corrected chi connectivity index (χ2v) is 4.58. The maximum atomic E-state index is 11.8. The summed E-state index contributed by atoms with van der Waals surface area (Å²) in [5.74, 6) is -0.609. The Labute approximate surface area is 115 Å². The van der Waals surface area contributed by atoms with Gasteiger partial charge < -0.3 is 10.2 Å². The first-order chi connectivity index (χ1) is 9.58. The second-order valence-electron chi connectivity index (χ2n) is 4.58. The quantitative estimate of drug-likeness (QED) is 0.655. The first-order valence-electron chi connectivity index (χ1n) is 6.38. The number of amides is 2. The highest BCUT2D eigenvalue weighted by Gasteiger charge is 2.19. The molecule has 1 aliphatic rings. The van der Waals surface area contributed by atoms with Crippen molar-refractivity contribution < 1.29 is 14.5 Å². The Kier molecular flexibility index (Phi) is 4.29. The Bertz CT molecular complexity index is 538. The second kappa shape index (κ2) is 6.14. The van der Waals surface area contributed by atoms with Crippen molar-refractivity contribution in [3.05, 3.63) is 39.9 Å². The molecular weight excluding hydrogens is 262 g/mol. The molecule has 1 aliphatic heterocycles. The molecule has 7 heteroatoms. The number of nitrogens with zero attached hydrogens (tertiary/aromatic N) is 2. The van der Waals surface area contributed by atoms with Crippen molar-refractivity contribution >= 4 is 17.5 Å². The average Bonchev–Trinajstić information content (AvgIpc) is 2.98. The Morgan fingerprint density at radius 3 is 2.65 bits per heavy atom. The number of nitrogens with one attached hydrogen (secondary N) is 1. The lowest BCUT2D eigenvalue weighted by Gasteiger charge is -2.15. The van der Waals surface area contributed by atoms with Crippen LogP contribution in [0.2, 0.25) is 0 Å². The molecule has 1 saturated heterocycles. The van der Waals surface area contributed by atoms with Crippen LogP contribution in [0, 0.1) is 10.1 Å². The number of non-ortho nitro benzene ring substituents is 1. The van der Waals surface area contributed by atoms with Gasteiger partial charge in [-0.1, -0.05) is 6.07 Å². The highest BCUT2D eigenvalue weighted by Crippen LogP contribution is 2.13.